The van der Waals surface area contributed by atoms with E-state index in [0.29, 0.717) is 5.92 Å². The summed E-state index contributed by atoms with van der Waals surface area (Å²) in [6.07, 6.45) is 1.20. The van der Waals surface area contributed by atoms with Crippen molar-refractivity contribution in [2.24, 2.45) is 13.0 Å². The summed E-state index contributed by atoms with van der Waals surface area (Å²) >= 11 is 0. The van der Waals surface area contributed by atoms with E-state index in [-0.39, 0.29) is 0 Å². The molecule has 3 rings (SSSR count). The minimum absolute atomic E-state index is 0.690. The zero-order valence-electron chi connectivity index (χ0n) is 11.8. The third-order valence-electron chi connectivity index (χ3n) is 4.26. The zero-order chi connectivity index (χ0) is 13.2. The fourth-order valence-corrected chi connectivity index (χ4v) is 3.03. The zero-order valence-corrected chi connectivity index (χ0v) is 11.8. The van der Waals surface area contributed by atoms with Crippen molar-refractivity contribution in [2.45, 2.75) is 19.9 Å². The summed E-state index contributed by atoms with van der Waals surface area (Å²) in [5, 5.41) is 4.95. The van der Waals surface area contributed by atoms with E-state index in [1.807, 2.05) is 0 Å². The molecular formula is C16H22N2O. The Hall–Kier alpha value is -1.32. The Morgan fingerprint density at radius 2 is 2.21 bits per heavy atom. The molecule has 0 radical (unpaired) electrons. The normalized spacial score (nSPS) is 19.4. The predicted octanol–water partition coefficient (Wildman–Crippen LogP) is 2.61. The number of fused-ring (bicyclic) bond motifs is 1. The second kappa shape index (κ2) is 5.35. The number of nitrogens with one attached hydrogen (secondary N) is 1. The molecule has 19 heavy (non-hydrogen) atoms. The monoisotopic (exact) mass is 258 g/mol. The molecule has 1 unspecified atom stereocenters. The van der Waals surface area contributed by atoms with E-state index in [2.05, 4.69) is 48.1 Å². The first-order valence-electron chi connectivity index (χ1n) is 7.08. The standard InChI is InChI=1S/C16H22N2O/c1-12-14-5-3-4-6-15(14)18(2)16(12)10-17-9-13-7-8-19-11-13/h3-6,13,17H,7-11H2,1-2H3. The van der Waals surface area contributed by atoms with Gasteiger partial charge in [0, 0.05) is 43.3 Å². The van der Waals surface area contributed by atoms with Gasteiger partial charge in [-0.2, -0.15) is 0 Å². The Bertz CT molecular complexity index is 528. The van der Waals surface area contributed by atoms with Crippen LogP contribution in [0.3, 0.4) is 0 Å². The first-order chi connectivity index (χ1) is 9.27. The second-order valence-corrected chi connectivity index (χ2v) is 5.51. The molecule has 1 aromatic heterocycles. The van der Waals surface area contributed by atoms with Crippen LogP contribution in [0.4, 0.5) is 0 Å². The van der Waals surface area contributed by atoms with Crippen molar-refractivity contribution in [3.63, 3.8) is 0 Å². The van der Waals surface area contributed by atoms with Crippen LogP contribution in [0, 0.1) is 12.8 Å². The van der Waals surface area contributed by atoms with Crippen LogP contribution in [0.15, 0.2) is 24.3 Å². The molecule has 0 bridgehead atoms. The third-order valence-corrected chi connectivity index (χ3v) is 4.26. The molecule has 2 aromatic rings. The minimum Gasteiger partial charge on any atom is -0.381 e. The van der Waals surface area contributed by atoms with Gasteiger partial charge < -0.3 is 14.6 Å². The molecule has 102 valence electrons. The van der Waals surface area contributed by atoms with Gasteiger partial charge in [-0.3, -0.25) is 0 Å². The van der Waals surface area contributed by atoms with Crippen LogP contribution in [-0.4, -0.2) is 24.3 Å². The quantitative estimate of drug-likeness (QED) is 0.912. The van der Waals surface area contributed by atoms with Crippen molar-refractivity contribution >= 4 is 10.9 Å². The Labute approximate surface area is 114 Å². The highest BCUT2D eigenvalue weighted by Gasteiger charge is 2.16. The van der Waals surface area contributed by atoms with Gasteiger partial charge in [0.1, 0.15) is 0 Å². The largest absolute Gasteiger partial charge is 0.381 e. The predicted molar refractivity (Wildman–Crippen MR) is 78.3 cm³/mol. The molecule has 3 heteroatoms. The van der Waals surface area contributed by atoms with E-state index in [1.54, 1.807) is 0 Å². The van der Waals surface area contributed by atoms with Crippen LogP contribution >= 0.6 is 0 Å². The lowest BCUT2D eigenvalue weighted by atomic mass is 10.1. The fourth-order valence-electron chi connectivity index (χ4n) is 3.03. The van der Waals surface area contributed by atoms with Crippen molar-refractivity contribution in [1.82, 2.24) is 9.88 Å². The maximum Gasteiger partial charge on any atom is 0.0507 e. The third kappa shape index (κ3) is 2.40. The van der Waals surface area contributed by atoms with Crippen LogP contribution in [0.25, 0.3) is 10.9 Å². The SMILES string of the molecule is Cc1c(CNCC2CCOC2)n(C)c2ccccc12. The van der Waals surface area contributed by atoms with Gasteiger partial charge in [0.15, 0.2) is 0 Å². The molecule has 1 aliphatic rings. The lowest BCUT2D eigenvalue weighted by molar-refractivity contribution is 0.185. The Kier molecular flexibility index (Phi) is 3.58. The van der Waals surface area contributed by atoms with Gasteiger partial charge in [-0.25, -0.2) is 0 Å². The highest BCUT2D eigenvalue weighted by Crippen LogP contribution is 2.24. The number of benzene rings is 1. The van der Waals surface area contributed by atoms with Crippen LogP contribution < -0.4 is 5.32 Å². The van der Waals surface area contributed by atoms with Crippen molar-refractivity contribution in [2.75, 3.05) is 19.8 Å². The average molecular weight is 258 g/mol. The molecule has 0 spiro atoms. The van der Waals surface area contributed by atoms with Gasteiger partial charge in [-0.15, -0.1) is 0 Å². The fraction of sp³-hybridized carbons (Fsp3) is 0.500. The highest BCUT2D eigenvalue weighted by atomic mass is 16.5. The van der Waals surface area contributed by atoms with Gasteiger partial charge in [0.25, 0.3) is 0 Å². The number of nitrogens with zero attached hydrogens (tertiary/aromatic N) is 1. The number of ether oxygens (including phenoxy) is 1. The molecular weight excluding hydrogens is 236 g/mol. The summed E-state index contributed by atoms with van der Waals surface area (Å²) in [5.41, 5.74) is 4.11. The van der Waals surface area contributed by atoms with Gasteiger partial charge in [0.2, 0.25) is 0 Å². The lowest BCUT2D eigenvalue weighted by Gasteiger charge is -2.11. The molecule has 1 N–H and O–H groups in total. The summed E-state index contributed by atoms with van der Waals surface area (Å²) in [4.78, 5) is 0. The van der Waals surface area contributed by atoms with E-state index in [1.165, 1.54) is 28.6 Å². The van der Waals surface area contributed by atoms with Gasteiger partial charge in [0.05, 0.1) is 6.61 Å². The van der Waals surface area contributed by atoms with Gasteiger partial charge >= 0.3 is 0 Å². The van der Waals surface area contributed by atoms with Crippen LogP contribution in [-0.2, 0) is 18.3 Å². The number of hydrogen-bond acceptors (Lipinski definition) is 2. The minimum atomic E-state index is 0.690. The molecule has 1 aromatic carbocycles. The molecule has 1 saturated heterocycles. The number of aryl methyl sites for hydroxylation is 2. The van der Waals surface area contributed by atoms with Crippen LogP contribution in [0.1, 0.15) is 17.7 Å². The summed E-state index contributed by atoms with van der Waals surface area (Å²) in [6, 6.07) is 8.62. The number of rotatable bonds is 4. The summed E-state index contributed by atoms with van der Waals surface area (Å²) in [5.74, 6) is 0.690. The van der Waals surface area contributed by atoms with Crippen LogP contribution in [0.5, 0.6) is 0 Å². The first kappa shape index (κ1) is 12.7. The average Bonchev–Trinajstić information content (AvgIpc) is 3.02. The maximum absolute atomic E-state index is 5.41. The van der Waals surface area contributed by atoms with Crippen molar-refractivity contribution < 1.29 is 4.74 Å². The molecule has 0 saturated carbocycles. The molecule has 3 nitrogen and oxygen atoms in total. The van der Waals surface area contributed by atoms with E-state index in [0.717, 1.165) is 26.3 Å². The molecule has 0 amide bonds. The van der Waals surface area contributed by atoms with Crippen LogP contribution in [0.2, 0.25) is 0 Å². The summed E-state index contributed by atoms with van der Waals surface area (Å²) in [7, 11) is 2.16. The van der Waals surface area contributed by atoms with Crippen molar-refractivity contribution in [3.8, 4) is 0 Å². The van der Waals surface area contributed by atoms with Crippen molar-refractivity contribution in [3.05, 3.63) is 35.5 Å². The molecule has 1 atom stereocenters. The highest BCUT2D eigenvalue weighted by molar-refractivity contribution is 5.85. The summed E-state index contributed by atoms with van der Waals surface area (Å²) < 4.78 is 7.72. The molecule has 2 heterocycles. The lowest BCUT2D eigenvalue weighted by Crippen LogP contribution is -2.23. The number of para-hydroxylation sites is 1. The van der Waals surface area contributed by atoms with Gasteiger partial charge in [-0.1, -0.05) is 18.2 Å². The van der Waals surface area contributed by atoms with E-state index in [4.69, 9.17) is 4.74 Å². The van der Waals surface area contributed by atoms with E-state index < -0.39 is 0 Å². The maximum atomic E-state index is 5.41. The first-order valence-corrected chi connectivity index (χ1v) is 7.08. The Morgan fingerprint density at radius 1 is 1.37 bits per heavy atom. The van der Waals surface area contributed by atoms with E-state index in [9.17, 15) is 0 Å². The second-order valence-electron chi connectivity index (χ2n) is 5.51. The molecule has 1 aliphatic heterocycles. The Balaban J connectivity index is 1.73. The van der Waals surface area contributed by atoms with Gasteiger partial charge in [-0.05, 0) is 30.9 Å². The Morgan fingerprint density at radius 3 is 2.95 bits per heavy atom. The molecule has 1 fully saturated rings. The van der Waals surface area contributed by atoms with Crippen molar-refractivity contribution in [1.29, 1.82) is 0 Å². The number of hydrogen-bond donors (Lipinski definition) is 1. The number of aromatic nitrogens is 1. The topological polar surface area (TPSA) is 26.2 Å². The van der Waals surface area contributed by atoms with E-state index >= 15 is 0 Å². The summed E-state index contributed by atoms with van der Waals surface area (Å²) in [6.45, 7) is 6.06. The smallest absolute Gasteiger partial charge is 0.0507 e. The molecule has 0 aliphatic carbocycles.